The molecular weight excluding hydrogens is 422 g/mol. The summed E-state index contributed by atoms with van der Waals surface area (Å²) in [6.45, 7) is 2.97. The minimum absolute atomic E-state index is 0.0316. The minimum atomic E-state index is -0.390. The summed E-state index contributed by atoms with van der Waals surface area (Å²) in [6, 6.07) is 0. The van der Waals surface area contributed by atoms with Gasteiger partial charge in [0.1, 0.15) is 23.9 Å². The van der Waals surface area contributed by atoms with Crippen LogP contribution >= 0.6 is 23.5 Å². The van der Waals surface area contributed by atoms with Gasteiger partial charge in [0.15, 0.2) is 10.8 Å². The molecule has 1 amide bonds. The molecule has 0 aliphatic rings. The van der Waals surface area contributed by atoms with Gasteiger partial charge in [0, 0.05) is 25.4 Å². The highest BCUT2D eigenvalue weighted by Gasteiger charge is 2.19. The molecule has 3 N–H and O–H groups in total. The zero-order valence-electron chi connectivity index (χ0n) is 16.1. The SMILES string of the molecule is CC(=O)Nc1nc(SCCO)c2nc(SCCO)n(COCCOC(C)=O)c2n1. The molecule has 0 saturated carbocycles. The Morgan fingerprint density at radius 1 is 1.07 bits per heavy atom. The van der Waals surface area contributed by atoms with Crippen LogP contribution in [0.4, 0.5) is 5.95 Å². The summed E-state index contributed by atoms with van der Waals surface area (Å²) in [7, 11) is 0. The highest BCUT2D eigenvalue weighted by molar-refractivity contribution is 7.99. The zero-order chi connectivity index (χ0) is 21.2. The number of nitrogens with zero attached hydrogens (tertiary/aromatic N) is 4. The number of fused-ring (bicyclic) bond motifs is 1. The fourth-order valence-electron chi connectivity index (χ4n) is 2.18. The van der Waals surface area contributed by atoms with E-state index in [0.29, 0.717) is 32.9 Å². The van der Waals surface area contributed by atoms with Crippen molar-refractivity contribution in [3.05, 3.63) is 0 Å². The molecule has 0 bridgehead atoms. The summed E-state index contributed by atoms with van der Waals surface area (Å²) in [4.78, 5) is 35.5. The van der Waals surface area contributed by atoms with Crippen LogP contribution in [-0.4, -0.2) is 79.5 Å². The van der Waals surface area contributed by atoms with E-state index in [1.165, 1.54) is 37.4 Å². The molecule has 2 aromatic rings. The molecular formula is C16H23N5O6S2. The number of imidazole rings is 1. The van der Waals surface area contributed by atoms with E-state index in [2.05, 4.69) is 20.3 Å². The number of esters is 1. The van der Waals surface area contributed by atoms with Gasteiger partial charge in [-0.1, -0.05) is 11.8 Å². The second-order valence-electron chi connectivity index (χ2n) is 5.55. The molecule has 13 heteroatoms. The topological polar surface area (TPSA) is 149 Å². The van der Waals surface area contributed by atoms with Crippen LogP contribution in [0, 0.1) is 0 Å². The quantitative estimate of drug-likeness (QED) is 0.181. The van der Waals surface area contributed by atoms with E-state index in [4.69, 9.17) is 19.7 Å². The average molecular weight is 446 g/mol. The third kappa shape index (κ3) is 7.12. The van der Waals surface area contributed by atoms with E-state index in [-0.39, 0.29) is 51.0 Å². The van der Waals surface area contributed by atoms with Crippen molar-refractivity contribution in [2.75, 3.05) is 43.3 Å². The van der Waals surface area contributed by atoms with Gasteiger partial charge in [-0.15, -0.1) is 11.8 Å². The smallest absolute Gasteiger partial charge is 0.302 e. The number of aliphatic hydroxyl groups excluding tert-OH is 2. The summed E-state index contributed by atoms with van der Waals surface area (Å²) in [5.41, 5.74) is 0.943. The summed E-state index contributed by atoms with van der Waals surface area (Å²) < 4.78 is 12.1. The molecule has 0 spiro atoms. The number of carbonyl (C=O) groups is 2. The normalized spacial score (nSPS) is 11.0. The number of aliphatic hydroxyl groups is 2. The molecule has 0 aliphatic heterocycles. The van der Waals surface area contributed by atoms with E-state index in [9.17, 15) is 9.59 Å². The lowest BCUT2D eigenvalue weighted by Crippen LogP contribution is -2.13. The molecule has 11 nitrogen and oxygen atoms in total. The van der Waals surface area contributed by atoms with Crippen LogP contribution in [0.3, 0.4) is 0 Å². The Morgan fingerprint density at radius 3 is 2.45 bits per heavy atom. The van der Waals surface area contributed by atoms with Gasteiger partial charge < -0.3 is 19.7 Å². The van der Waals surface area contributed by atoms with Crippen LogP contribution in [0.2, 0.25) is 0 Å². The molecule has 0 unspecified atom stereocenters. The molecule has 2 aromatic heterocycles. The number of carbonyl (C=O) groups excluding carboxylic acids is 2. The van der Waals surface area contributed by atoms with Crippen molar-refractivity contribution < 1.29 is 29.3 Å². The Kier molecular flexibility index (Phi) is 9.60. The van der Waals surface area contributed by atoms with Gasteiger partial charge >= 0.3 is 5.97 Å². The lowest BCUT2D eigenvalue weighted by molar-refractivity contribution is -0.142. The number of nitrogens with one attached hydrogen (secondary N) is 1. The van der Waals surface area contributed by atoms with Crippen LogP contribution in [0.25, 0.3) is 11.2 Å². The van der Waals surface area contributed by atoms with E-state index in [1.807, 2.05) is 0 Å². The van der Waals surface area contributed by atoms with Gasteiger partial charge in [-0.05, 0) is 0 Å². The maximum atomic E-state index is 11.4. The molecule has 0 radical (unpaired) electrons. The maximum Gasteiger partial charge on any atom is 0.302 e. The fourth-order valence-corrected chi connectivity index (χ4v) is 3.61. The van der Waals surface area contributed by atoms with Crippen LogP contribution in [0.5, 0.6) is 0 Å². The summed E-state index contributed by atoms with van der Waals surface area (Å²) in [5, 5.41) is 21.9. The van der Waals surface area contributed by atoms with Crippen molar-refractivity contribution in [1.29, 1.82) is 0 Å². The second kappa shape index (κ2) is 11.9. The van der Waals surface area contributed by atoms with E-state index in [1.54, 1.807) is 4.57 Å². The number of thioether (sulfide) groups is 2. The number of rotatable bonds is 12. The Bertz CT molecular complexity index is 847. The van der Waals surface area contributed by atoms with Crippen LogP contribution in [0.1, 0.15) is 13.8 Å². The Balaban J connectivity index is 2.37. The molecule has 0 aromatic carbocycles. The minimum Gasteiger partial charge on any atom is -0.463 e. The molecule has 160 valence electrons. The second-order valence-corrected chi connectivity index (χ2v) is 7.70. The van der Waals surface area contributed by atoms with Gasteiger partial charge in [-0.2, -0.15) is 4.98 Å². The van der Waals surface area contributed by atoms with Crippen molar-refractivity contribution in [3.63, 3.8) is 0 Å². The lowest BCUT2D eigenvalue weighted by Gasteiger charge is -2.10. The van der Waals surface area contributed by atoms with Crippen LogP contribution < -0.4 is 5.32 Å². The van der Waals surface area contributed by atoms with Crippen molar-refractivity contribution in [1.82, 2.24) is 19.5 Å². The Labute approximate surface area is 175 Å². The van der Waals surface area contributed by atoms with Crippen molar-refractivity contribution in [3.8, 4) is 0 Å². The summed E-state index contributed by atoms with van der Waals surface area (Å²) in [6.07, 6.45) is 0. The largest absolute Gasteiger partial charge is 0.463 e. The Morgan fingerprint density at radius 2 is 1.79 bits per heavy atom. The molecule has 0 aliphatic carbocycles. The highest BCUT2D eigenvalue weighted by Crippen LogP contribution is 2.30. The van der Waals surface area contributed by atoms with E-state index >= 15 is 0 Å². The van der Waals surface area contributed by atoms with Gasteiger partial charge in [0.05, 0.1) is 19.8 Å². The highest BCUT2D eigenvalue weighted by atomic mass is 32.2. The molecule has 0 atom stereocenters. The zero-order valence-corrected chi connectivity index (χ0v) is 17.7. The van der Waals surface area contributed by atoms with Gasteiger partial charge in [-0.25, -0.2) is 9.97 Å². The van der Waals surface area contributed by atoms with Gasteiger partial charge in [0.2, 0.25) is 11.9 Å². The number of ether oxygens (including phenoxy) is 2. The van der Waals surface area contributed by atoms with E-state index < -0.39 is 0 Å². The first-order valence-electron chi connectivity index (χ1n) is 8.70. The van der Waals surface area contributed by atoms with Crippen molar-refractivity contribution >= 4 is 52.5 Å². The fraction of sp³-hybridized carbons (Fsp3) is 0.562. The van der Waals surface area contributed by atoms with Crippen LogP contribution in [0.15, 0.2) is 10.2 Å². The van der Waals surface area contributed by atoms with Crippen molar-refractivity contribution in [2.24, 2.45) is 0 Å². The molecule has 2 rings (SSSR count). The third-order valence-corrected chi connectivity index (χ3v) is 5.12. The molecule has 29 heavy (non-hydrogen) atoms. The predicted molar refractivity (Wildman–Crippen MR) is 108 cm³/mol. The monoisotopic (exact) mass is 445 g/mol. The number of anilines is 1. The average Bonchev–Trinajstić information content (AvgIpc) is 3.01. The predicted octanol–water partition coefficient (Wildman–Crippen LogP) is 0.491. The Hall–Kier alpha value is -1.93. The number of hydrogen-bond acceptors (Lipinski definition) is 11. The summed E-state index contributed by atoms with van der Waals surface area (Å²) in [5.74, 6) is 0.226. The lowest BCUT2D eigenvalue weighted by atomic mass is 10.5. The number of aromatic nitrogens is 4. The number of hydrogen-bond donors (Lipinski definition) is 3. The van der Waals surface area contributed by atoms with E-state index in [0.717, 1.165) is 0 Å². The van der Waals surface area contributed by atoms with Crippen molar-refractivity contribution in [2.45, 2.75) is 30.8 Å². The molecule has 2 heterocycles. The first-order chi connectivity index (χ1) is 14.0. The third-order valence-electron chi connectivity index (χ3n) is 3.22. The molecule has 0 fully saturated rings. The summed E-state index contributed by atoms with van der Waals surface area (Å²) >= 11 is 2.60. The first kappa shape index (κ1) is 23.3. The first-order valence-corrected chi connectivity index (χ1v) is 10.7. The van der Waals surface area contributed by atoms with Crippen LogP contribution in [-0.2, 0) is 25.8 Å². The van der Waals surface area contributed by atoms with Gasteiger partial charge in [-0.3, -0.25) is 19.5 Å². The maximum absolute atomic E-state index is 11.4. The number of amides is 1. The molecule has 0 saturated heterocycles. The van der Waals surface area contributed by atoms with Gasteiger partial charge in [0.25, 0.3) is 0 Å². The standard InChI is InChI=1S/C16H23N5O6S2/c1-10(24)17-15-19-13-12(14(20-15)28-7-3-22)18-16(29-8-4-23)21(13)9-26-5-6-27-11(2)25/h22-23H,3-9H2,1-2H3,(H,17,19,20,24).